The standard InChI is InChI=1S/C32H24O9/c1-14-11-15-23(21(12-14)38-3)30(35)24-16(29(15)34)13-22(39-4)28(32(24)40-5)26-18(37-2)9-10-20-27(26)31(36)25-17(33)7-6-8-19(25)41-20/h6-13,33H,1-5H3. The second kappa shape index (κ2) is 9.41. The molecule has 0 saturated heterocycles. The normalized spacial score (nSPS) is 12.3. The Morgan fingerprint density at radius 1 is 0.634 bits per heavy atom. The molecule has 0 fully saturated rings. The number of hydrogen-bond acceptors (Lipinski definition) is 9. The molecule has 1 aliphatic rings. The summed E-state index contributed by atoms with van der Waals surface area (Å²) < 4.78 is 28.8. The lowest BCUT2D eigenvalue weighted by atomic mass is 9.80. The number of carbonyl (C=O) groups excluding carboxylic acids is 2. The number of benzene rings is 4. The van der Waals surface area contributed by atoms with Crippen molar-refractivity contribution in [1.82, 2.24) is 0 Å². The summed E-state index contributed by atoms with van der Waals surface area (Å²) in [4.78, 5) is 41.9. The van der Waals surface area contributed by atoms with Gasteiger partial charge in [-0.2, -0.15) is 0 Å². The van der Waals surface area contributed by atoms with Crippen LogP contribution >= 0.6 is 0 Å². The highest BCUT2D eigenvalue weighted by Gasteiger charge is 2.39. The van der Waals surface area contributed by atoms with E-state index >= 15 is 0 Å². The van der Waals surface area contributed by atoms with Crippen LogP contribution in [0.1, 0.15) is 37.4 Å². The number of ether oxygens (including phenoxy) is 4. The summed E-state index contributed by atoms with van der Waals surface area (Å²) in [5.41, 5.74) is 1.45. The molecule has 0 amide bonds. The highest BCUT2D eigenvalue weighted by Crippen LogP contribution is 2.51. The van der Waals surface area contributed by atoms with Gasteiger partial charge in [-0.3, -0.25) is 14.4 Å². The van der Waals surface area contributed by atoms with Gasteiger partial charge in [0, 0.05) is 16.7 Å². The topological polar surface area (TPSA) is 122 Å². The van der Waals surface area contributed by atoms with Crippen molar-refractivity contribution in [2.24, 2.45) is 0 Å². The Hall–Kier alpha value is -5.31. The number of aromatic hydroxyl groups is 1. The van der Waals surface area contributed by atoms with E-state index in [1.807, 2.05) is 0 Å². The molecule has 0 aliphatic heterocycles. The van der Waals surface area contributed by atoms with Gasteiger partial charge in [-0.15, -0.1) is 0 Å². The van der Waals surface area contributed by atoms with E-state index in [9.17, 15) is 19.5 Å². The Kier molecular flexibility index (Phi) is 5.95. The zero-order chi connectivity index (χ0) is 29.2. The summed E-state index contributed by atoms with van der Waals surface area (Å²) in [5.74, 6) is -0.466. The number of phenols is 1. The van der Waals surface area contributed by atoms with Gasteiger partial charge in [-0.05, 0) is 55.0 Å². The Morgan fingerprint density at radius 2 is 1.29 bits per heavy atom. The predicted octanol–water partition coefficient (Wildman–Crippen LogP) is 5.44. The summed E-state index contributed by atoms with van der Waals surface area (Å²) >= 11 is 0. The fraction of sp³-hybridized carbons (Fsp3) is 0.156. The third kappa shape index (κ3) is 3.58. The van der Waals surface area contributed by atoms with Crippen LogP contribution in [0.15, 0.2) is 57.7 Å². The van der Waals surface area contributed by atoms with E-state index in [1.54, 1.807) is 43.3 Å². The minimum atomic E-state index is -0.528. The molecule has 1 aliphatic carbocycles. The van der Waals surface area contributed by atoms with Gasteiger partial charge in [0.05, 0.1) is 50.5 Å². The molecule has 4 aromatic carbocycles. The summed E-state index contributed by atoms with van der Waals surface area (Å²) in [6.07, 6.45) is 0. The van der Waals surface area contributed by atoms with Gasteiger partial charge in [0.25, 0.3) is 0 Å². The van der Waals surface area contributed by atoms with Crippen molar-refractivity contribution < 1.29 is 38.1 Å². The molecule has 1 N–H and O–H groups in total. The number of hydrogen-bond donors (Lipinski definition) is 1. The molecule has 0 unspecified atom stereocenters. The lowest BCUT2D eigenvalue weighted by molar-refractivity contribution is 0.0973. The van der Waals surface area contributed by atoms with Crippen molar-refractivity contribution in [3.05, 3.63) is 86.6 Å². The SMILES string of the molecule is COc1cc(C)cc2c1C(=O)c1c(cc(OC)c(-c3c(OC)ccc4oc5cccc(O)c5c(=O)c34)c1OC)C2=O. The molecule has 1 aromatic heterocycles. The Balaban J connectivity index is 1.78. The second-order valence-electron chi connectivity index (χ2n) is 9.56. The van der Waals surface area contributed by atoms with Crippen LogP contribution < -0.4 is 24.4 Å². The third-order valence-corrected chi connectivity index (χ3v) is 7.36. The molecular formula is C32H24O9. The maximum Gasteiger partial charge on any atom is 0.205 e. The zero-order valence-electron chi connectivity index (χ0n) is 22.8. The first-order valence-electron chi connectivity index (χ1n) is 12.6. The average molecular weight is 553 g/mol. The zero-order valence-corrected chi connectivity index (χ0v) is 22.8. The quantitative estimate of drug-likeness (QED) is 0.279. The number of phenolic OH excluding ortho intramolecular Hbond substituents is 1. The van der Waals surface area contributed by atoms with Crippen LogP contribution in [0, 0.1) is 6.92 Å². The first-order chi connectivity index (χ1) is 19.7. The number of methoxy groups -OCH3 is 4. The minimum Gasteiger partial charge on any atom is -0.507 e. The van der Waals surface area contributed by atoms with E-state index in [0.29, 0.717) is 0 Å². The molecular weight excluding hydrogens is 528 g/mol. The first kappa shape index (κ1) is 25.9. The number of fused-ring (bicyclic) bond motifs is 4. The maximum absolute atomic E-state index is 14.1. The smallest absolute Gasteiger partial charge is 0.205 e. The lowest BCUT2D eigenvalue weighted by Gasteiger charge is -2.25. The molecule has 0 bridgehead atoms. The Labute approximate surface area is 233 Å². The molecule has 41 heavy (non-hydrogen) atoms. The van der Waals surface area contributed by atoms with Gasteiger partial charge >= 0.3 is 0 Å². The van der Waals surface area contributed by atoms with E-state index in [-0.39, 0.29) is 84.1 Å². The highest BCUT2D eigenvalue weighted by molar-refractivity contribution is 6.31. The number of aryl methyl sites for hydroxylation is 1. The van der Waals surface area contributed by atoms with Crippen LogP contribution in [-0.4, -0.2) is 45.1 Å². The highest BCUT2D eigenvalue weighted by atomic mass is 16.5. The first-order valence-corrected chi connectivity index (χ1v) is 12.6. The molecule has 6 rings (SSSR count). The van der Waals surface area contributed by atoms with Crippen LogP contribution in [0.2, 0.25) is 0 Å². The van der Waals surface area contributed by atoms with Crippen molar-refractivity contribution in [3.63, 3.8) is 0 Å². The molecule has 9 heteroatoms. The molecule has 0 spiro atoms. The molecule has 0 atom stereocenters. The van der Waals surface area contributed by atoms with Crippen LogP contribution in [-0.2, 0) is 0 Å². The molecule has 1 heterocycles. The van der Waals surface area contributed by atoms with E-state index in [4.69, 9.17) is 23.4 Å². The summed E-state index contributed by atoms with van der Waals surface area (Å²) in [5, 5.41) is 10.6. The van der Waals surface area contributed by atoms with Crippen molar-refractivity contribution in [2.75, 3.05) is 28.4 Å². The van der Waals surface area contributed by atoms with Gasteiger partial charge in [0.15, 0.2) is 5.78 Å². The molecule has 0 radical (unpaired) electrons. The van der Waals surface area contributed by atoms with Crippen LogP contribution in [0.4, 0.5) is 0 Å². The van der Waals surface area contributed by atoms with Gasteiger partial charge in [-0.25, -0.2) is 0 Å². The van der Waals surface area contributed by atoms with Gasteiger partial charge in [0.1, 0.15) is 45.3 Å². The van der Waals surface area contributed by atoms with Crippen molar-refractivity contribution in [2.45, 2.75) is 6.92 Å². The van der Waals surface area contributed by atoms with Crippen molar-refractivity contribution in [1.29, 1.82) is 0 Å². The number of carbonyl (C=O) groups is 2. The molecule has 0 saturated carbocycles. The fourth-order valence-corrected chi connectivity index (χ4v) is 5.61. The second-order valence-corrected chi connectivity index (χ2v) is 9.56. The van der Waals surface area contributed by atoms with Crippen molar-refractivity contribution >= 4 is 33.5 Å². The van der Waals surface area contributed by atoms with E-state index in [1.165, 1.54) is 40.6 Å². The Bertz CT molecular complexity index is 2020. The monoisotopic (exact) mass is 552 g/mol. The molecule has 206 valence electrons. The predicted molar refractivity (Wildman–Crippen MR) is 151 cm³/mol. The van der Waals surface area contributed by atoms with E-state index in [0.717, 1.165) is 5.56 Å². The van der Waals surface area contributed by atoms with Gasteiger partial charge in [0.2, 0.25) is 11.2 Å². The Morgan fingerprint density at radius 3 is 1.98 bits per heavy atom. The van der Waals surface area contributed by atoms with E-state index < -0.39 is 17.0 Å². The molecule has 9 nitrogen and oxygen atoms in total. The maximum atomic E-state index is 14.1. The number of ketones is 2. The summed E-state index contributed by atoms with van der Waals surface area (Å²) in [6, 6.07) is 12.5. The number of rotatable bonds is 5. The van der Waals surface area contributed by atoms with Crippen LogP contribution in [0.3, 0.4) is 0 Å². The summed E-state index contributed by atoms with van der Waals surface area (Å²) in [6.45, 7) is 1.81. The largest absolute Gasteiger partial charge is 0.507 e. The van der Waals surface area contributed by atoms with Gasteiger partial charge in [-0.1, -0.05) is 6.07 Å². The third-order valence-electron chi connectivity index (χ3n) is 7.36. The fourth-order valence-electron chi connectivity index (χ4n) is 5.61. The minimum absolute atomic E-state index is 0.00460. The lowest BCUT2D eigenvalue weighted by Crippen LogP contribution is -2.23. The van der Waals surface area contributed by atoms with Crippen LogP contribution in [0.5, 0.6) is 28.7 Å². The summed E-state index contributed by atoms with van der Waals surface area (Å²) in [7, 11) is 5.63. The van der Waals surface area contributed by atoms with Crippen molar-refractivity contribution in [3.8, 4) is 39.9 Å². The average Bonchev–Trinajstić information content (AvgIpc) is 2.97. The molecule has 5 aromatic rings. The van der Waals surface area contributed by atoms with Crippen LogP contribution in [0.25, 0.3) is 33.1 Å². The van der Waals surface area contributed by atoms with E-state index in [2.05, 4.69) is 0 Å². The van der Waals surface area contributed by atoms with Gasteiger partial charge < -0.3 is 28.5 Å².